The molecule has 22 heavy (non-hydrogen) atoms. The van der Waals surface area contributed by atoms with Gasteiger partial charge in [0.25, 0.3) is 0 Å². The minimum Gasteiger partial charge on any atom is -0.481 e. The van der Waals surface area contributed by atoms with Gasteiger partial charge in [0, 0.05) is 0 Å². The van der Waals surface area contributed by atoms with Gasteiger partial charge in [-0.3, -0.25) is 4.79 Å². The number of hydrogen-bond donors (Lipinski definition) is 1. The summed E-state index contributed by atoms with van der Waals surface area (Å²) in [5, 5.41) is 8.54. The van der Waals surface area contributed by atoms with Crippen molar-refractivity contribution in [1.29, 1.82) is 0 Å². The summed E-state index contributed by atoms with van der Waals surface area (Å²) in [6.07, 6.45) is 0.603. The third kappa shape index (κ3) is 15.1. The van der Waals surface area contributed by atoms with E-state index < -0.39 is 23.7 Å². The quantitative estimate of drug-likeness (QED) is 0.573. The second kappa shape index (κ2) is 10.5. The van der Waals surface area contributed by atoms with E-state index in [0.717, 1.165) is 12.8 Å². The Morgan fingerprint density at radius 3 is 1.86 bits per heavy atom. The van der Waals surface area contributed by atoms with Crippen LogP contribution in [-0.4, -0.2) is 28.8 Å². The van der Waals surface area contributed by atoms with Crippen LogP contribution >= 0.6 is 0 Å². The van der Waals surface area contributed by atoms with E-state index in [1.54, 1.807) is 6.92 Å². The number of carbonyl (C=O) groups is 2. The summed E-state index contributed by atoms with van der Waals surface area (Å²) in [4.78, 5) is 20.5. The zero-order chi connectivity index (χ0) is 18.0. The molecule has 0 aliphatic heterocycles. The van der Waals surface area contributed by atoms with E-state index in [2.05, 4.69) is 11.7 Å². The number of carboxylic acid groups (broad SMARTS) is 1. The molecule has 0 heterocycles. The topological polar surface area (TPSA) is 63.6 Å². The van der Waals surface area contributed by atoms with E-state index in [1.165, 1.54) is 40.0 Å². The maximum atomic E-state index is 11.5. The molecular weight excluding hydrogens is 301 g/mol. The smallest absolute Gasteiger partial charge is 0.481 e. The summed E-state index contributed by atoms with van der Waals surface area (Å²) < 4.78 is 38.6. The largest absolute Gasteiger partial charge is 0.490 e. The van der Waals surface area contributed by atoms with Crippen molar-refractivity contribution >= 4 is 11.9 Å². The van der Waals surface area contributed by atoms with Crippen molar-refractivity contribution < 1.29 is 32.6 Å². The van der Waals surface area contributed by atoms with Crippen LogP contribution in [0, 0.1) is 5.92 Å². The van der Waals surface area contributed by atoms with Crippen molar-refractivity contribution in [2.24, 2.45) is 5.92 Å². The van der Waals surface area contributed by atoms with Crippen molar-refractivity contribution in [3.05, 3.63) is 0 Å². The molecule has 0 spiro atoms. The fraction of sp³-hybridized carbons (Fsp3) is 0.867. The van der Waals surface area contributed by atoms with E-state index >= 15 is 0 Å². The zero-order valence-corrected chi connectivity index (χ0v) is 13.9. The predicted molar refractivity (Wildman–Crippen MR) is 77.5 cm³/mol. The highest BCUT2D eigenvalue weighted by atomic mass is 19.4. The molecule has 0 aromatic rings. The van der Waals surface area contributed by atoms with Crippen LogP contribution in [0.5, 0.6) is 0 Å². The van der Waals surface area contributed by atoms with Crippen LogP contribution in [-0.2, 0) is 14.3 Å². The Bertz CT molecular complexity index is 333. The lowest BCUT2D eigenvalue weighted by atomic mass is 10.0. The Morgan fingerprint density at radius 2 is 1.59 bits per heavy atom. The standard InChI is InChI=1S/C9H18O2.C6H9F3O2/c1-3-4-5-6-7-8(2)9(10)11;1-5(2,3)11-4(10)6(7,8)9/h8H,3-7H2,1-2H3,(H,10,11);1-3H3. The first kappa shape index (κ1) is 23.0. The first-order chi connectivity index (χ1) is 9.81. The zero-order valence-electron chi connectivity index (χ0n) is 13.9. The maximum Gasteiger partial charge on any atom is 0.490 e. The van der Waals surface area contributed by atoms with Gasteiger partial charge >= 0.3 is 18.1 Å². The Morgan fingerprint density at radius 1 is 1.09 bits per heavy atom. The SMILES string of the molecule is CC(C)(C)OC(=O)C(F)(F)F.CCCCCCC(C)C(=O)O. The van der Waals surface area contributed by atoms with Crippen molar-refractivity contribution in [2.45, 2.75) is 78.5 Å². The molecule has 0 amide bonds. The third-order valence-corrected chi connectivity index (χ3v) is 2.54. The molecule has 0 aliphatic carbocycles. The van der Waals surface area contributed by atoms with Gasteiger partial charge in [-0.1, -0.05) is 39.5 Å². The molecular formula is C15H27F3O4. The predicted octanol–water partition coefficient (Wildman–Crippen LogP) is 4.57. The van der Waals surface area contributed by atoms with E-state index in [0.29, 0.717) is 0 Å². The molecule has 0 saturated heterocycles. The van der Waals surface area contributed by atoms with Crippen LogP contribution in [0.4, 0.5) is 13.2 Å². The summed E-state index contributed by atoms with van der Waals surface area (Å²) >= 11 is 0. The average Bonchev–Trinajstić information content (AvgIpc) is 2.31. The Hall–Kier alpha value is -1.27. The first-order valence-corrected chi connectivity index (χ1v) is 7.34. The molecule has 132 valence electrons. The highest BCUT2D eigenvalue weighted by Gasteiger charge is 2.42. The van der Waals surface area contributed by atoms with Crippen LogP contribution in [0.3, 0.4) is 0 Å². The molecule has 7 heteroatoms. The molecule has 0 rings (SSSR count). The number of alkyl halides is 3. The van der Waals surface area contributed by atoms with E-state index in [9.17, 15) is 22.8 Å². The van der Waals surface area contributed by atoms with Gasteiger partial charge in [0.2, 0.25) is 0 Å². The molecule has 0 aromatic heterocycles. The molecule has 0 aromatic carbocycles. The summed E-state index contributed by atoms with van der Waals surface area (Å²) in [6, 6.07) is 0. The normalized spacial score (nSPS) is 12.9. The van der Waals surface area contributed by atoms with Crippen molar-refractivity contribution in [2.75, 3.05) is 0 Å². The second-order valence-corrected chi connectivity index (χ2v) is 6.09. The summed E-state index contributed by atoms with van der Waals surface area (Å²) in [6.45, 7) is 8.04. The number of ether oxygens (including phenoxy) is 1. The third-order valence-electron chi connectivity index (χ3n) is 2.54. The molecule has 1 unspecified atom stereocenters. The lowest BCUT2D eigenvalue weighted by Crippen LogP contribution is -2.33. The van der Waals surface area contributed by atoms with Crippen molar-refractivity contribution in [3.8, 4) is 0 Å². The number of carboxylic acids is 1. The number of carbonyl (C=O) groups excluding carboxylic acids is 1. The minimum atomic E-state index is -4.90. The van der Waals surface area contributed by atoms with E-state index in [4.69, 9.17) is 5.11 Å². The molecule has 0 bridgehead atoms. The summed E-state index contributed by atoms with van der Waals surface area (Å²) in [5.74, 6) is -2.97. The number of hydrogen-bond acceptors (Lipinski definition) is 3. The van der Waals surface area contributed by atoms with Crippen molar-refractivity contribution in [3.63, 3.8) is 0 Å². The van der Waals surface area contributed by atoms with Gasteiger partial charge in [0.15, 0.2) is 0 Å². The number of aliphatic carboxylic acids is 1. The lowest BCUT2D eigenvalue weighted by Gasteiger charge is -2.19. The van der Waals surface area contributed by atoms with Crippen LogP contribution in [0.15, 0.2) is 0 Å². The molecule has 0 fully saturated rings. The van der Waals surface area contributed by atoms with Crippen LogP contribution in [0.25, 0.3) is 0 Å². The highest BCUT2D eigenvalue weighted by Crippen LogP contribution is 2.20. The Labute approximate surface area is 130 Å². The molecule has 0 saturated carbocycles. The number of halogens is 3. The molecule has 0 aliphatic rings. The van der Waals surface area contributed by atoms with Gasteiger partial charge in [0.05, 0.1) is 5.92 Å². The van der Waals surface area contributed by atoms with Gasteiger partial charge < -0.3 is 9.84 Å². The Kier molecular flexibility index (Phi) is 10.9. The average molecular weight is 328 g/mol. The van der Waals surface area contributed by atoms with E-state index in [-0.39, 0.29) is 5.92 Å². The summed E-state index contributed by atoms with van der Waals surface area (Å²) in [5.41, 5.74) is -1.09. The molecule has 1 atom stereocenters. The van der Waals surface area contributed by atoms with Crippen LogP contribution in [0.2, 0.25) is 0 Å². The minimum absolute atomic E-state index is 0.160. The second-order valence-electron chi connectivity index (χ2n) is 6.09. The fourth-order valence-electron chi connectivity index (χ4n) is 1.34. The monoisotopic (exact) mass is 328 g/mol. The van der Waals surface area contributed by atoms with E-state index in [1.807, 2.05) is 0 Å². The lowest BCUT2D eigenvalue weighted by molar-refractivity contribution is -0.210. The number of unbranched alkanes of at least 4 members (excludes halogenated alkanes) is 3. The van der Waals surface area contributed by atoms with Crippen LogP contribution < -0.4 is 0 Å². The van der Waals surface area contributed by atoms with Crippen molar-refractivity contribution in [1.82, 2.24) is 0 Å². The molecule has 1 N–H and O–H groups in total. The number of esters is 1. The van der Waals surface area contributed by atoms with Gasteiger partial charge in [-0.05, 0) is 27.2 Å². The highest BCUT2D eigenvalue weighted by molar-refractivity contribution is 5.76. The Balaban J connectivity index is 0. The number of rotatable bonds is 6. The van der Waals surface area contributed by atoms with Gasteiger partial charge in [0.1, 0.15) is 5.60 Å². The molecule has 4 nitrogen and oxygen atoms in total. The summed E-state index contributed by atoms with van der Waals surface area (Å²) in [7, 11) is 0. The van der Waals surface area contributed by atoms with Gasteiger partial charge in [-0.25, -0.2) is 4.79 Å². The molecule has 0 radical (unpaired) electrons. The van der Waals surface area contributed by atoms with Gasteiger partial charge in [-0.15, -0.1) is 0 Å². The first-order valence-electron chi connectivity index (χ1n) is 7.34. The fourth-order valence-corrected chi connectivity index (χ4v) is 1.34. The maximum absolute atomic E-state index is 11.5. The van der Waals surface area contributed by atoms with Crippen LogP contribution in [0.1, 0.15) is 66.7 Å². The van der Waals surface area contributed by atoms with Gasteiger partial charge in [-0.2, -0.15) is 13.2 Å².